The summed E-state index contributed by atoms with van der Waals surface area (Å²) in [4.78, 5) is 10.5. The number of nitrogens with zero attached hydrogens (tertiary/aromatic N) is 2. The van der Waals surface area contributed by atoms with E-state index in [0.717, 1.165) is 0 Å². The molecule has 0 aliphatic heterocycles. The lowest BCUT2D eigenvalue weighted by Gasteiger charge is -2.10. The van der Waals surface area contributed by atoms with Crippen molar-refractivity contribution in [3.05, 3.63) is 105 Å². The summed E-state index contributed by atoms with van der Waals surface area (Å²) in [6, 6.07) is 22.9. The fourth-order valence-corrected chi connectivity index (χ4v) is 2.90. The van der Waals surface area contributed by atoms with Crippen LogP contribution in [0.1, 0.15) is 16.7 Å². The van der Waals surface area contributed by atoms with E-state index >= 15 is 0 Å². The fourth-order valence-electron chi connectivity index (χ4n) is 2.66. The van der Waals surface area contributed by atoms with Crippen LogP contribution in [-0.2, 0) is 6.61 Å². The van der Waals surface area contributed by atoms with E-state index in [1.165, 1.54) is 12.1 Å². The van der Waals surface area contributed by atoms with Gasteiger partial charge in [0.25, 0.3) is 5.69 Å². The molecule has 0 aromatic heterocycles. The Morgan fingerprint density at radius 2 is 1.86 bits per heavy atom. The van der Waals surface area contributed by atoms with E-state index in [2.05, 4.69) is 6.07 Å². The second-order valence-electron chi connectivity index (χ2n) is 5.90. The highest BCUT2D eigenvalue weighted by Crippen LogP contribution is 2.28. The molecule has 0 saturated heterocycles. The number of hydrogen-bond acceptors (Lipinski definition) is 4. The Hall–Kier alpha value is -3.62. The Morgan fingerprint density at radius 1 is 1.11 bits per heavy atom. The van der Waals surface area contributed by atoms with Gasteiger partial charge in [0.2, 0.25) is 0 Å². The summed E-state index contributed by atoms with van der Waals surface area (Å²) in [6.45, 7) is 0.167. The van der Waals surface area contributed by atoms with Gasteiger partial charge in [-0.2, -0.15) is 5.26 Å². The number of hydrogen-bond donors (Lipinski definition) is 0. The molecule has 0 atom stereocenters. The van der Waals surface area contributed by atoms with Crippen molar-refractivity contribution in [1.82, 2.24) is 0 Å². The Morgan fingerprint density at radius 3 is 2.61 bits per heavy atom. The highest BCUT2D eigenvalue weighted by atomic mass is 35.5. The lowest BCUT2D eigenvalue weighted by Crippen LogP contribution is -1.98. The van der Waals surface area contributed by atoms with Crippen molar-refractivity contribution in [2.24, 2.45) is 0 Å². The third-order valence-corrected chi connectivity index (χ3v) is 4.35. The van der Waals surface area contributed by atoms with Gasteiger partial charge in [0.15, 0.2) is 0 Å². The number of rotatable bonds is 6. The summed E-state index contributed by atoms with van der Waals surface area (Å²) >= 11 is 6.21. The van der Waals surface area contributed by atoms with Gasteiger partial charge in [-0.15, -0.1) is 0 Å². The number of nitro benzene ring substituents is 1. The summed E-state index contributed by atoms with van der Waals surface area (Å²) < 4.78 is 5.86. The summed E-state index contributed by atoms with van der Waals surface area (Å²) in [6.07, 6.45) is 1.71. The van der Waals surface area contributed by atoms with E-state index in [1.807, 2.05) is 24.3 Å². The second kappa shape index (κ2) is 8.85. The molecule has 0 unspecified atom stereocenters. The summed E-state index contributed by atoms with van der Waals surface area (Å²) in [5, 5.41) is 21.0. The molecule has 0 amide bonds. The number of non-ortho nitro benzene ring substituents is 1. The van der Waals surface area contributed by atoms with Crippen LogP contribution in [0, 0.1) is 21.4 Å². The summed E-state index contributed by atoms with van der Waals surface area (Å²) in [7, 11) is 0. The molecule has 0 fully saturated rings. The normalized spacial score (nSPS) is 10.9. The third kappa shape index (κ3) is 4.56. The van der Waals surface area contributed by atoms with Crippen molar-refractivity contribution in [3.63, 3.8) is 0 Å². The molecule has 0 heterocycles. The predicted molar refractivity (Wildman–Crippen MR) is 109 cm³/mol. The lowest BCUT2D eigenvalue weighted by molar-refractivity contribution is -0.384. The van der Waals surface area contributed by atoms with Gasteiger partial charge in [-0.1, -0.05) is 60.1 Å². The number of allylic oxidation sites excluding steroid dienone is 1. The minimum atomic E-state index is -0.441. The molecule has 0 N–H and O–H groups in total. The molecule has 5 nitrogen and oxygen atoms in total. The van der Waals surface area contributed by atoms with Gasteiger partial charge in [-0.3, -0.25) is 10.1 Å². The van der Waals surface area contributed by atoms with Crippen molar-refractivity contribution in [3.8, 4) is 11.8 Å². The molecule has 0 radical (unpaired) electrons. The number of nitriles is 1. The molecule has 6 heteroatoms. The summed E-state index contributed by atoms with van der Waals surface area (Å²) in [5.41, 5.74) is 2.46. The van der Waals surface area contributed by atoms with E-state index in [1.54, 1.807) is 42.5 Å². The van der Waals surface area contributed by atoms with Gasteiger partial charge in [0, 0.05) is 28.3 Å². The van der Waals surface area contributed by atoms with Gasteiger partial charge in [0.05, 0.1) is 16.6 Å². The molecule has 0 aliphatic rings. The second-order valence-corrected chi connectivity index (χ2v) is 6.31. The lowest BCUT2D eigenvalue weighted by atomic mass is 10.0. The first kappa shape index (κ1) is 19.2. The van der Waals surface area contributed by atoms with Gasteiger partial charge in [-0.05, 0) is 23.8 Å². The SMILES string of the molecule is N#CC(=Cc1ccccc1OCc1cccc([N+](=O)[O-])c1)c1ccccc1Cl. The number of para-hydroxylation sites is 1. The molecule has 3 aromatic carbocycles. The quantitative estimate of drug-likeness (QED) is 0.227. The standard InChI is InChI=1S/C22H15ClN2O3/c23-21-10-3-2-9-20(21)18(14-24)13-17-7-1-4-11-22(17)28-15-16-6-5-8-19(12-16)25(26)27/h1-13H,15H2. The monoisotopic (exact) mass is 390 g/mol. The Balaban J connectivity index is 1.87. The number of benzene rings is 3. The van der Waals surface area contributed by atoms with Crippen LogP contribution in [0.4, 0.5) is 5.69 Å². The minimum Gasteiger partial charge on any atom is -0.488 e. The van der Waals surface area contributed by atoms with Crippen molar-refractivity contribution in [2.45, 2.75) is 6.61 Å². The molecule has 0 bridgehead atoms. The molecule has 3 aromatic rings. The smallest absolute Gasteiger partial charge is 0.269 e. The number of halogens is 1. The molecule has 0 saturated carbocycles. The maximum absolute atomic E-state index is 10.9. The zero-order valence-electron chi connectivity index (χ0n) is 14.7. The molecule has 0 spiro atoms. The maximum Gasteiger partial charge on any atom is 0.269 e. The Kier molecular flexibility index (Phi) is 6.05. The zero-order valence-corrected chi connectivity index (χ0v) is 15.5. The van der Waals surface area contributed by atoms with Gasteiger partial charge >= 0.3 is 0 Å². The van der Waals surface area contributed by atoms with Crippen LogP contribution in [-0.4, -0.2) is 4.92 Å². The molecule has 3 rings (SSSR count). The van der Waals surface area contributed by atoms with Crippen LogP contribution in [0.5, 0.6) is 5.75 Å². The van der Waals surface area contributed by atoms with Gasteiger partial charge in [-0.25, -0.2) is 0 Å². The van der Waals surface area contributed by atoms with Crippen molar-refractivity contribution in [1.29, 1.82) is 5.26 Å². The van der Waals surface area contributed by atoms with E-state index in [9.17, 15) is 15.4 Å². The van der Waals surface area contributed by atoms with Crippen molar-refractivity contribution < 1.29 is 9.66 Å². The van der Waals surface area contributed by atoms with E-state index < -0.39 is 4.92 Å². The highest BCUT2D eigenvalue weighted by molar-refractivity contribution is 6.32. The first-order valence-corrected chi connectivity index (χ1v) is 8.78. The van der Waals surface area contributed by atoms with Crippen LogP contribution in [0.2, 0.25) is 5.02 Å². The van der Waals surface area contributed by atoms with Crippen LogP contribution in [0.25, 0.3) is 11.6 Å². The minimum absolute atomic E-state index is 0.0137. The van der Waals surface area contributed by atoms with Crippen molar-refractivity contribution >= 4 is 28.9 Å². The first-order chi connectivity index (χ1) is 13.6. The average molecular weight is 391 g/mol. The van der Waals surface area contributed by atoms with Crippen LogP contribution in [0.3, 0.4) is 0 Å². The van der Waals surface area contributed by atoms with Crippen LogP contribution < -0.4 is 4.74 Å². The molecular formula is C22H15ClN2O3. The predicted octanol–water partition coefficient (Wildman–Crippen LogP) is 5.89. The highest BCUT2D eigenvalue weighted by Gasteiger charge is 2.09. The van der Waals surface area contributed by atoms with E-state index in [0.29, 0.717) is 33.0 Å². The molecule has 138 valence electrons. The molecular weight excluding hydrogens is 376 g/mol. The molecule has 0 aliphatic carbocycles. The first-order valence-electron chi connectivity index (χ1n) is 8.40. The maximum atomic E-state index is 10.9. The fraction of sp³-hybridized carbons (Fsp3) is 0.0455. The summed E-state index contributed by atoms with van der Waals surface area (Å²) in [5.74, 6) is 0.564. The Labute approximate surface area is 167 Å². The number of nitro groups is 1. The Bertz CT molecular complexity index is 1090. The zero-order chi connectivity index (χ0) is 19.9. The number of ether oxygens (including phenoxy) is 1. The van der Waals surface area contributed by atoms with E-state index in [-0.39, 0.29) is 12.3 Å². The topological polar surface area (TPSA) is 76.2 Å². The van der Waals surface area contributed by atoms with Crippen molar-refractivity contribution in [2.75, 3.05) is 0 Å². The third-order valence-electron chi connectivity index (χ3n) is 4.02. The van der Waals surface area contributed by atoms with E-state index in [4.69, 9.17) is 16.3 Å². The van der Waals surface area contributed by atoms with Crippen LogP contribution in [0.15, 0.2) is 72.8 Å². The van der Waals surface area contributed by atoms with Gasteiger partial charge in [0.1, 0.15) is 12.4 Å². The van der Waals surface area contributed by atoms with Gasteiger partial charge < -0.3 is 4.74 Å². The average Bonchev–Trinajstić information content (AvgIpc) is 2.72. The van der Waals surface area contributed by atoms with Crippen LogP contribution >= 0.6 is 11.6 Å². The molecule has 28 heavy (non-hydrogen) atoms. The largest absolute Gasteiger partial charge is 0.488 e.